The van der Waals surface area contributed by atoms with E-state index in [1.54, 1.807) is 6.92 Å². The van der Waals surface area contributed by atoms with Crippen molar-refractivity contribution in [2.75, 3.05) is 7.05 Å². The van der Waals surface area contributed by atoms with E-state index in [2.05, 4.69) is 0 Å². The van der Waals surface area contributed by atoms with Crippen molar-refractivity contribution in [1.29, 1.82) is 5.26 Å². The highest BCUT2D eigenvalue weighted by atomic mass is 35.5. The Balaban J connectivity index is 3.23. The van der Waals surface area contributed by atoms with Gasteiger partial charge in [0.15, 0.2) is 0 Å². The molecule has 0 bridgehead atoms. The summed E-state index contributed by atoms with van der Waals surface area (Å²) in [7, 11) is -2.26. The van der Waals surface area contributed by atoms with Gasteiger partial charge in [0.05, 0.1) is 11.0 Å². The Labute approximate surface area is 106 Å². The minimum Gasteiger partial charge on any atom is -0.207 e. The van der Waals surface area contributed by atoms with Gasteiger partial charge in [0.25, 0.3) is 0 Å². The van der Waals surface area contributed by atoms with Gasteiger partial charge in [-0.25, -0.2) is 8.42 Å². The SMILES string of the molecule is Cc1cc(S(=O)(=O)N(C)C(C)C#N)ccc1Cl. The number of benzene rings is 1. The molecule has 0 N–H and O–H groups in total. The second kappa shape index (κ2) is 5.05. The molecule has 1 aromatic carbocycles. The molecule has 0 aliphatic rings. The Hall–Kier alpha value is -1.09. The smallest absolute Gasteiger partial charge is 0.207 e. The van der Waals surface area contributed by atoms with Crippen LogP contribution in [-0.4, -0.2) is 25.8 Å². The van der Waals surface area contributed by atoms with Gasteiger partial charge in [0, 0.05) is 12.1 Å². The Morgan fingerprint density at radius 3 is 2.53 bits per heavy atom. The van der Waals surface area contributed by atoms with Gasteiger partial charge in [0.2, 0.25) is 10.0 Å². The first-order valence-corrected chi connectivity index (χ1v) is 6.76. The zero-order valence-corrected chi connectivity index (χ0v) is 11.4. The van der Waals surface area contributed by atoms with E-state index in [-0.39, 0.29) is 4.90 Å². The van der Waals surface area contributed by atoms with Gasteiger partial charge in [-0.2, -0.15) is 9.57 Å². The van der Waals surface area contributed by atoms with E-state index >= 15 is 0 Å². The van der Waals surface area contributed by atoms with Crippen molar-refractivity contribution >= 4 is 21.6 Å². The van der Waals surface area contributed by atoms with Gasteiger partial charge >= 0.3 is 0 Å². The van der Waals surface area contributed by atoms with E-state index in [9.17, 15) is 8.42 Å². The third-order valence-electron chi connectivity index (χ3n) is 2.54. The first kappa shape index (κ1) is 14.0. The fraction of sp³-hybridized carbons (Fsp3) is 0.364. The maximum Gasteiger partial charge on any atom is 0.244 e. The number of nitriles is 1. The van der Waals surface area contributed by atoms with Crippen molar-refractivity contribution in [3.63, 3.8) is 0 Å². The normalized spacial score (nSPS) is 13.4. The number of aryl methyl sites for hydroxylation is 1. The standard InChI is InChI=1S/C11H13ClN2O2S/c1-8-6-10(4-5-11(8)12)17(15,16)14(3)9(2)7-13/h4-6,9H,1-3H3. The van der Waals surface area contributed by atoms with Crippen molar-refractivity contribution in [2.45, 2.75) is 24.8 Å². The third kappa shape index (κ3) is 2.78. The molecule has 0 aromatic heterocycles. The van der Waals surface area contributed by atoms with E-state index in [4.69, 9.17) is 16.9 Å². The molecule has 0 heterocycles. The second-order valence-electron chi connectivity index (χ2n) is 3.74. The van der Waals surface area contributed by atoms with Crippen LogP contribution in [0.2, 0.25) is 5.02 Å². The van der Waals surface area contributed by atoms with Crippen molar-refractivity contribution in [3.05, 3.63) is 28.8 Å². The molecule has 0 spiro atoms. The van der Waals surface area contributed by atoms with Crippen molar-refractivity contribution in [2.24, 2.45) is 0 Å². The molecule has 92 valence electrons. The highest BCUT2D eigenvalue weighted by Gasteiger charge is 2.25. The average Bonchev–Trinajstić information content (AvgIpc) is 2.30. The van der Waals surface area contributed by atoms with Crippen LogP contribution in [-0.2, 0) is 10.0 Å². The lowest BCUT2D eigenvalue weighted by Gasteiger charge is -2.19. The van der Waals surface area contributed by atoms with Crippen LogP contribution in [0.25, 0.3) is 0 Å². The Kier molecular flexibility index (Phi) is 4.15. The van der Waals surface area contributed by atoms with Gasteiger partial charge in [-0.05, 0) is 37.6 Å². The number of sulfonamides is 1. The molecule has 0 saturated carbocycles. The van der Waals surface area contributed by atoms with Crippen molar-refractivity contribution in [1.82, 2.24) is 4.31 Å². The predicted molar refractivity (Wildman–Crippen MR) is 66.2 cm³/mol. The molecule has 0 amide bonds. The molecule has 6 heteroatoms. The van der Waals surface area contributed by atoms with E-state index in [1.165, 1.54) is 32.2 Å². The quantitative estimate of drug-likeness (QED) is 0.847. The van der Waals surface area contributed by atoms with Crippen LogP contribution in [0.3, 0.4) is 0 Å². The molecule has 0 saturated heterocycles. The first-order valence-electron chi connectivity index (χ1n) is 4.94. The predicted octanol–water partition coefficient (Wildman–Crippen LogP) is 2.18. The van der Waals surface area contributed by atoms with Crippen LogP contribution in [0.15, 0.2) is 23.1 Å². The molecule has 1 atom stereocenters. The lowest BCUT2D eigenvalue weighted by molar-refractivity contribution is 0.442. The summed E-state index contributed by atoms with van der Waals surface area (Å²) in [6.45, 7) is 3.26. The van der Waals surface area contributed by atoms with Crippen LogP contribution in [0.1, 0.15) is 12.5 Å². The number of nitrogens with zero attached hydrogens (tertiary/aromatic N) is 2. The molecule has 17 heavy (non-hydrogen) atoms. The van der Waals surface area contributed by atoms with Crippen LogP contribution in [0.4, 0.5) is 0 Å². The van der Waals surface area contributed by atoms with Crippen molar-refractivity contribution in [3.8, 4) is 6.07 Å². The summed E-state index contributed by atoms with van der Waals surface area (Å²) in [5.41, 5.74) is 0.686. The number of halogens is 1. The maximum atomic E-state index is 12.1. The highest BCUT2D eigenvalue weighted by molar-refractivity contribution is 7.89. The summed E-state index contributed by atoms with van der Waals surface area (Å²) in [5.74, 6) is 0. The summed E-state index contributed by atoms with van der Waals surface area (Å²) in [5, 5.41) is 9.25. The summed E-state index contributed by atoms with van der Waals surface area (Å²) in [6, 6.07) is 5.65. The summed E-state index contributed by atoms with van der Waals surface area (Å²) in [6.07, 6.45) is 0. The molecule has 1 unspecified atom stereocenters. The summed E-state index contributed by atoms with van der Waals surface area (Å²) < 4.78 is 25.3. The molecule has 0 fully saturated rings. The molecular formula is C11H13ClN2O2S. The lowest BCUT2D eigenvalue weighted by Crippen LogP contribution is -2.34. The number of hydrogen-bond donors (Lipinski definition) is 0. The maximum absolute atomic E-state index is 12.1. The van der Waals surface area contributed by atoms with E-state index in [1.807, 2.05) is 6.07 Å². The molecule has 0 aliphatic heterocycles. The topological polar surface area (TPSA) is 61.2 Å². The minimum absolute atomic E-state index is 0.143. The molecule has 1 rings (SSSR count). The second-order valence-corrected chi connectivity index (χ2v) is 6.14. The number of rotatable bonds is 3. The van der Waals surface area contributed by atoms with E-state index in [0.29, 0.717) is 10.6 Å². The van der Waals surface area contributed by atoms with E-state index in [0.717, 1.165) is 4.31 Å². The Morgan fingerprint density at radius 2 is 2.06 bits per heavy atom. The molecule has 4 nitrogen and oxygen atoms in total. The largest absolute Gasteiger partial charge is 0.244 e. The summed E-state index contributed by atoms with van der Waals surface area (Å²) in [4.78, 5) is 0.143. The van der Waals surface area contributed by atoms with Gasteiger partial charge in [-0.3, -0.25) is 0 Å². The van der Waals surface area contributed by atoms with Gasteiger partial charge in [-0.15, -0.1) is 0 Å². The summed E-state index contributed by atoms with van der Waals surface area (Å²) >= 11 is 5.84. The Morgan fingerprint density at radius 1 is 1.47 bits per heavy atom. The fourth-order valence-corrected chi connectivity index (χ4v) is 2.71. The van der Waals surface area contributed by atoms with Gasteiger partial charge in [-0.1, -0.05) is 11.6 Å². The molecule has 1 aromatic rings. The minimum atomic E-state index is -3.64. The number of hydrogen-bond acceptors (Lipinski definition) is 3. The van der Waals surface area contributed by atoms with Crippen LogP contribution >= 0.6 is 11.6 Å². The van der Waals surface area contributed by atoms with E-state index < -0.39 is 16.1 Å². The molecule has 0 radical (unpaired) electrons. The molecular weight excluding hydrogens is 260 g/mol. The van der Waals surface area contributed by atoms with Crippen LogP contribution in [0.5, 0.6) is 0 Å². The monoisotopic (exact) mass is 272 g/mol. The third-order valence-corrected chi connectivity index (χ3v) is 4.89. The zero-order valence-electron chi connectivity index (χ0n) is 9.81. The highest BCUT2D eigenvalue weighted by Crippen LogP contribution is 2.22. The lowest BCUT2D eigenvalue weighted by atomic mass is 10.2. The van der Waals surface area contributed by atoms with Gasteiger partial charge < -0.3 is 0 Å². The fourth-order valence-electron chi connectivity index (χ4n) is 1.23. The average molecular weight is 273 g/mol. The molecule has 0 aliphatic carbocycles. The first-order chi connectivity index (χ1) is 7.80. The van der Waals surface area contributed by atoms with Crippen LogP contribution in [0, 0.1) is 18.3 Å². The van der Waals surface area contributed by atoms with Crippen LogP contribution < -0.4 is 0 Å². The zero-order chi connectivity index (χ0) is 13.2. The Bertz CT molecular complexity index is 563. The van der Waals surface area contributed by atoms with Crippen molar-refractivity contribution < 1.29 is 8.42 Å². The van der Waals surface area contributed by atoms with Gasteiger partial charge in [0.1, 0.15) is 6.04 Å².